The number of nitrogens with one attached hydrogen (secondary N) is 1. The van der Waals surface area contributed by atoms with Gasteiger partial charge in [-0.2, -0.15) is 0 Å². The molecule has 1 aromatic carbocycles. The van der Waals surface area contributed by atoms with Gasteiger partial charge in [-0.15, -0.1) is 24.0 Å². The Kier molecular flexibility index (Phi) is 8.82. The number of amides is 1. The maximum absolute atomic E-state index is 12.6. The smallest absolute Gasteiger partial charge is 0.239 e. The van der Waals surface area contributed by atoms with Crippen molar-refractivity contribution in [3.63, 3.8) is 0 Å². The lowest BCUT2D eigenvalue weighted by atomic mass is 10.2. The highest BCUT2D eigenvalue weighted by atomic mass is 127. The Labute approximate surface area is 180 Å². The first kappa shape index (κ1) is 21.9. The molecule has 2 heterocycles. The predicted octanol–water partition coefficient (Wildman–Crippen LogP) is 2.01. The van der Waals surface area contributed by atoms with Crippen LogP contribution in [0, 0.1) is 0 Å². The van der Waals surface area contributed by atoms with Crippen LogP contribution in [0.4, 0.5) is 0 Å². The topological polar surface area (TPSA) is 51.2 Å². The van der Waals surface area contributed by atoms with E-state index in [-0.39, 0.29) is 30.0 Å². The minimum atomic E-state index is -0.0189. The van der Waals surface area contributed by atoms with E-state index >= 15 is 0 Å². The van der Waals surface area contributed by atoms with Gasteiger partial charge in [0, 0.05) is 52.9 Å². The number of carbonyl (C=O) groups excluding carboxylic acids is 1. The van der Waals surface area contributed by atoms with Crippen LogP contribution in [0.5, 0.6) is 0 Å². The molecule has 2 aliphatic rings. The van der Waals surface area contributed by atoms with Gasteiger partial charge >= 0.3 is 0 Å². The molecule has 6 nitrogen and oxygen atoms in total. The van der Waals surface area contributed by atoms with Gasteiger partial charge < -0.3 is 15.1 Å². The quantitative estimate of drug-likeness (QED) is 0.403. The van der Waals surface area contributed by atoms with Crippen molar-refractivity contribution in [3.05, 3.63) is 35.9 Å². The van der Waals surface area contributed by atoms with Crippen LogP contribution >= 0.6 is 24.0 Å². The third-order valence-corrected chi connectivity index (χ3v) is 5.44. The molecule has 1 aromatic rings. The Morgan fingerprint density at radius 3 is 2.26 bits per heavy atom. The molecule has 1 N–H and O–H groups in total. The molecule has 1 unspecified atom stereocenters. The first-order chi connectivity index (χ1) is 12.7. The molecule has 0 aliphatic carbocycles. The zero-order valence-corrected chi connectivity index (χ0v) is 18.8. The van der Waals surface area contributed by atoms with Crippen LogP contribution in [0.15, 0.2) is 35.3 Å². The average Bonchev–Trinajstić information content (AvgIpc) is 3.23. The Balaban J connectivity index is 0.00000261. The van der Waals surface area contributed by atoms with E-state index in [1.807, 2.05) is 18.0 Å². The van der Waals surface area contributed by atoms with Gasteiger partial charge in [0.15, 0.2) is 5.96 Å². The highest BCUT2D eigenvalue weighted by Crippen LogP contribution is 2.14. The van der Waals surface area contributed by atoms with Crippen LogP contribution in [0.2, 0.25) is 0 Å². The molecule has 1 amide bonds. The van der Waals surface area contributed by atoms with Gasteiger partial charge in [0.1, 0.15) is 0 Å². The highest BCUT2D eigenvalue weighted by Gasteiger charge is 2.30. The van der Waals surface area contributed by atoms with Crippen molar-refractivity contribution < 1.29 is 4.79 Å². The lowest BCUT2D eigenvalue weighted by molar-refractivity contribution is -0.135. The summed E-state index contributed by atoms with van der Waals surface area (Å²) >= 11 is 0. The van der Waals surface area contributed by atoms with E-state index in [1.54, 1.807) is 0 Å². The molecular formula is C20H32IN5O. The van der Waals surface area contributed by atoms with Gasteiger partial charge in [-0.3, -0.25) is 14.7 Å². The Bertz CT molecular complexity index is 610. The van der Waals surface area contributed by atoms with Crippen molar-refractivity contribution in [2.75, 3.05) is 46.3 Å². The predicted molar refractivity (Wildman–Crippen MR) is 120 cm³/mol. The fourth-order valence-electron chi connectivity index (χ4n) is 3.79. The number of benzene rings is 1. The minimum absolute atomic E-state index is 0. The summed E-state index contributed by atoms with van der Waals surface area (Å²) in [5.41, 5.74) is 1.25. The summed E-state index contributed by atoms with van der Waals surface area (Å²) in [6, 6.07) is 10.3. The van der Waals surface area contributed by atoms with E-state index in [9.17, 15) is 4.79 Å². The van der Waals surface area contributed by atoms with E-state index in [1.165, 1.54) is 5.56 Å². The van der Waals surface area contributed by atoms with Crippen molar-refractivity contribution in [3.8, 4) is 0 Å². The second-order valence-corrected chi connectivity index (χ2v) is 7.12. The molecule has 2 aliphatic heterocycles. The Morgan fingerprint density at radius 2 is 1.67 bits per heavy atom. The zero-order valence-electron chi connectivity index (χ0n) is 16.4. The molecule has 0 spiro atoms. The van der Waals surface area contributed by atoms with Gasteiger partial charge in [-0.1, -0.05) is 30.3 Å². The highest BCUT2D eigenvalue weighted by molar-refractivity contribution is 14.0. The normalized spacial score (nSPS) is 19.6. The first-order valence-electron chi connectivity index (χ1n) is 9.71. The number of halogens is 1. The zero-order chi connectivity index (χ0) is 18.4. The molecule has 7 heteroatoms. The van der Waals surface area contributed by atoms with E-state index in [4.69, 9.17) is 0 Å². The Morgan fingerprint density at radius 1 is 1.04 bits per heavy atom. The van der Waals surface area contributed by atoms with Crippen molar-refractivity contribution in [2.24, 2.45) is 4.99 Å². The summed E-state index contributed by atoms with van der Waals surface area (Å²) in [6.07, 6.45) is 2.30. The van der Waals surface area contributed by atoms with E-state index in [0.29, 0.717) is 5.91 Å². The summed E-state index contributed by atoms with van der Waals surface area (Å²) in [7, 11) is 1.83. The number of guanidine groups is 1. The molecule has 0 radical (unpaired) electrons. The van der Waals surface area contributed by atoms with Crippen molar-refractivity contribution in [1.82, 2.24) is 20.0 Å². The number of hydrogen-bond acceptors (Lipinski definition) is 3. The molecule has 0 aromatic heterocycles. The van der Waals surface area contributed by atoms with Crippen molar-refractivity contribution in [1.29, 1.82) is 0 Å². The molecular weight excluding hydrogens is 453 g/mol. The average molecular weight is 485 g/mol. The third kappa shape index (κ3) is 5.81. The monoisotopic (exact) mass is 485 g/mol. The van der Waals surface area contributed by atoms with Crippen molar-refractivity contribution >= 4 is 35.8 Å². The molecule has 0 bridgehead atoms. The molecule has 0 saturated carbocycles. The summed E-state index contributed by atoms with van der Waals surface area (Å²) in [5, 5.41) is 3.45. The van der Waals surface area contributed by atoms with Crippen LogP contribution in [-0.4, -0.2) is 78.9 Å². The van der Waals surface area contributed by atoms with Gasteiger partial charge in [0.2, 0.25) is 5.91 Å². The molecule has 1 atom stereocenters. The fraction of sp³-hybridized carbons (Fsp3) is 0.600. The summed E-state index contributed by atoms with van der Waals surface area (Å²) in [6.45, 7) is 8.27. The van der Waals surface area contributed by atoms with E-state index in [0.717, 1.165) is 64.6 Å². The van der Waals surface area contributed by atoms with Crippen LogP contribution < -0.4 is 5.32 Å². The summed E-state index contributed by atoms with van der Waals surface area (Å²) in [5.74, 6) is 1.23. The molecule has 150 valence electrons. The number of nitrogens with zero attached hydrogens (tertiary/aromatic N) is 4. The summed E-state index contributed by atoms with van der Waals surface area (Å²) < 4.78 is 0. The second kappa shape index (κ2) is 10.8. The van der Waals surface area contributed by atoms with Crippen LogP contribution in [0.25, 0.3) is 0 Å². The molecule has 2 fully saturated rings. The van der Waals surface area contributed by atoms with Crippen LogP contribution in [0.1, 0.15) is 25.3 Å². The summed E-state index contributed by atoms with van der Waals surface area (Å²) in [4.78, 5) is 23.7. The standard InChI is InChI=1S/C20H31N5O.HI/c1-17(19(26)24-10-6-7-11-24)23-12-14-25(15-13-23)20(21-2)22-16-18-8-4-3-5-9-18;/h3-5,8-9,17H,6-7,10-16H2,1-2H3,(H,21,22);1H. The Hall–Kier alpha value is -1.35. The number of rotatable bonds is 4. The minimum Gasteiger partial charge on any atom is -0.352 e. The number of hydrogen-bond donors (Lipinski definition) is 1. The lowest BCUT2D eigenvalue weighted by Crippen LogP contribution is -2.57. The van der Waals surface area contributed by atoms with Crippen molar-refractivity contribution in [2.45, 2.75) is 32.4 Å². The largest absolute Gasteiger partial charge is 0.352 e. The maximum Gasteiger partial charge on any atom is 0.239 e. The molecule has 3 rings (SSSR count). The van der Waals surface area contributed by atoms with E-state index < -0.39 is 0 Å². The van der Waals surface area contributed by atoms with Gasteiger partial charge in [0.25, 0.3) is 0 Å². The van der Waals surface area contributed by atoms with Gasteiger partial charge in [0.05, 0.1) is 6.04 Å². The number of likely N-dealkylation sites (tertiary alicyclic amines) is 1. The molecule has 2 saturated heterocycles. The fourth-order valence-corrected chi connectivity index (χ4v) is 3.79. The lowest BCUT2D eigenvalue weighted by Gasteiger charge is -2.39. The number of piperazine rings is 1. The van der Waals surface area contributed by atoms with Crippen LogP contribution in [0.3, 0.4) is 0 Å². The van der Waals surface area contributed by atoms with Gasteiger partial charge in [-0.25, -0.2) is 0 Å². The third-order valence-electron chi connectivity index (χ3n) is 5.44. The maximum atomic E-state index is 12.6. The second-order valence-electron chi connectivity index (χ2n) is 7.12. The SMILES string of the molecule is CN=C(NCc1ccccc1)N1CCN(C(C)C(=O)N2CCCC2)CC1.I. The van der Waals surface area contributed by atoms with E-state index in [2.05, 4.69) is 51.3 Å². The first-order valence-corrected chi connectivity index (χ1v) is 9.71. The number of carbonyl (C=O) groups is 1. The van der Waals surface area contributed by atoms with Gasteiger partial charge in [-0.05, 0) is 25.3 Å². The molecule has 27 heavy (non-hydrogen) atoms. The van der Waals surface area contributed by atoms with Crippen LogP contribution in [-0.2, 0) is 11.3 Å². The number of aliphatic imine (C=N–C) groups is 1.